The van der Waals surface area contributed by atoms with E-state index in [0.717, 1.165) is 5.56 Å². The quantitative estimate of drug-likeness (QED) is 0.793. The molecule has 1 aromatic carbocycles. The zero-order valence-electron chi connectivity index (χ0n) is 12.9. The van der Waals surface area contributed by atoms with Gasteiger partial charge in [0.15, 0.2) is 0 Å². The second kappa shape index (κ2) is 6.93. The Bertz CT molecular complexity index is 769. The molecule has 2 aromatic rings. The van der Waals surface area contributed by atoms with Crippen LogP contribution in [0.4, 0.5) is 0 Å². The van der Waals surface area contributed by atoms with E-state index >= 15 is 0 Å². The summed E-state index contributed by atoms with van der Waals surface area (Å²) in [7, 11) is -3.94. The maximum Gasteiger partial charge on any atom is 0.322 e. The standard InChI is InChI=1S/C15H19N3O4S/c1-11(2)14(15(19)20)17-23(21,22)13-8-16-18(10-13)9-12-6-4-3-5-7-12/h3-8,10-11,14,17H,9H2,1-2H3,(H,19,20). The van der Waals surface area contributed by atoms with Gasteiger partial charge in [-0.1, -0.05) is 44.2 Å². The van der Waals surface area contributed by atoms with E-state index in [1.807, 2.05) is 30.3 Å². The highest BCUT2D eigenvalue weighted by Crippen LogP contribution is 2.12. The molecule has 1 atom stereocenters. The van der Waals surface area contributed by atoms with Crippen LogP contribution in [-0.4, -0.2) is 35.3 Å². The van der Waals surface area contributed by atoms with Gasteiger partial charge in [0.2, 0.25) is 10.0 Å². The van der Waals surface area contributed by atoms with Crippen molar-refractivity contribution < 1.29 is 18.3 Å². The van der Waals surface area contributed by atoms with Crippen molar-refractivity contribution in [2.24, 2.45) is 5.92 Å². The maximum absolute atomic E-state index is 12.3. The molecule has 2 N–H and O–H groups in total. The van der Waals surface area contributed by atoms with Crippen molar-refractivity contribution in [1.29, 1.82) is 0 Å². The first-order valence-electron chi connectivity index (χ1n) is 7.11. The Labute approximate surface area is 135 Å². The Morgan fingerprint density at radius 1 is 1.30 bits per heavy atom. The molecule has 1 unspecified atom stereocenters. The van der Waals surface area contributed by atoms with Crippen molar-refractivity contribution in [3.05, 3.63) is 48.3 Å². The number of rotatable bonds is 7. The highest BCUT2D eigenvalue weighted by atomic mass is 32.2. The van der Waals surface area contributed by atoms with Crippen molar-refractivity contribution in [1.82, 2.24) is 14.5 Å². The maximum atomic E-state index is 12.3. The van der Waals surface area contributed by atoms with Crippen LogP contribution in [0.3, 0.4) is 0 Å². The normalized spacial score (nSPS) is 13.2. The SMILES string of the molecule is CC(C)C(NS(=O)(=O)c1cnn(Cc2ccccc2)c1)C(=O)O. The molecule has 8 heteroatoms. The molecule has 0 saturated heterocycles. The summed E-state index contributed by atoms with van der Waals surface area (Å²) in [6, 6.07) is 8.30. The Morgan fingerprint density at radius 2 is 1.96 bits per heavy atom. The summed E-state index contributed by atoms with van der Waals surface area (Å²) < 4.78 is 28.3. The lowest BCUT2D eigenvalue weighted by Gasteiger charge is -2.17. The van der Waals surface area contributed by atoms with Crippen molar-refractivity contribution >= 4 is 16.0 Å². The Kier molecular flexibility index (Phi) is 5.17. The molecule has 0 aliphatic carbocycles. The number of aromatic nitrogens is 2. The van der Waals surface area contributed by atoms with Crippen LogP contribution in [0.1, 0.15) is 19.4 Å². The van der Waals surface area contributed by atoms with Crippen LogP contribution in [-0.2, 0) is 21.4 Å². The van der Waals surface area contributed by atoms with Gasteiger partial charge in [0, 0.05) is 6.20 Å². The van der Waals surface area contributed by atoms with Gasteiger partial charge >= 0.3 is 5.97 Å². The highest BCUT2D eigenvalue weighted by molar-refractivity contribution is 7.89. The number of carboxylic acid groups (broad SMARTS) is 1. The fourth-order valence-electron chi connectivity index (χ4n) is 2.05. The summed E-state index contributed by atoms with van der Waals surface area (Å²) >= 11 is 0. The lowest BCUT2D eigenvalue weighted by atomic mass is 10.1. The molecule has 1 aromatic heterocycles. The van der Waals surface area contributed by atoms with Crippen LogP contribution in [0.15, 0.2) is 47.6 Å². The van der Waals surface area contributed by atoms with E-state index in [1.54, 1.807) is 13.8 Å². The van der Waals surface area contributed by atoms with Crippen LogP contribution >= 0.6 is 0 Å². The number of carboxylic acids is 1. The predicted octanol–water partition coefficient (Wildman–Crippen LogP) is 1.32. The van der Waals surface area contributed by atoms with Crippen LogP contribution in [0.5, 0.6) is 0 Å². The predicted molar refractivity (Wildman–Crippen MR) is 84.4 cm³/mol. The Balaban J connectivity index is 2.16. The third-order valence-corrected chi connectivity index (χ3v) is 4.72. The van der Waals surface area contributed by atoms with E-state index in [2.05, 4.69) is 9.82 Å². The number of hydrogen-bond acceptors (Lipinski definition) is 4. The highest BCUT2D eigenvalue weighted by Gasteiger charge is 2.28. The number of sulfonamides is 1. The number of benzene rings is 1. The molecule has 1 heterocycles. The van der Waals surface area contributed by atoms with E-state index in [9.17, 15) is 13.2 Å². The average Bonchev–Trinajstić information content (AvgIpc) is 2.95. The van der Waals surface area contributed by atoms with Gasteiger partial charge in [0.25, 0.3) is 0 Å². The van der Waals surface area contributed by atoms with Crippen LogP contribution < -0.4 is 4.72 Å². The molecule has 0 fully saturated rings. The van der Waals surface area contributed by atoms with Gasteiger partial charge in [-0.3, -0.25) is 9.48 Å². The summed E-state index contributed by atoms with van der Waals surface area (Å²) in [5.41, 5.74) is 0.984. The average molecular weight is 337 g/mol. The van der Waals surface area contributed by atoms with Crippen LogP contribution in [0.2, 0.25) is 0 Å². The second-order valence-electron chi connectivity index (χ2n) is 5.54. The minimum atomic E-state index is -3.94. The first-order chi connectivity index (χ1) is 10.8. The molecule has 0 spiro atoms. The minimum Gasteiger partial charge on any atom is -0.480 e. The molecule has 0 aliphatic heterocycles. The number of carbonyl (C=O) groups is 1. The molecule has 0 saturated carbocycles. The molecule has 2 rings (SSSR count). The first-order valence-corrected chi connectivity index (χ1v) is 8.59. The summed E-state index contributed by atoms with van der Waals surface area (Å²) in [6.07, 6.45) is 2.60. The third kappa shape index (κ3) is 4.40. The van der Waals surface area contributed by atoms with Crippen LogP contribution in [0.25, 0.3) is 0 Å². The second-order valence-corrected chi connectivity index (χ2v) is 7.25. The molecule has 124 valence electrons. The molecule has 0 aliphatic rings. The van der Waals surface area contributed by atoms with Crippen molar-refractivity contribution in [2.45, 2.75) is 31.3 Å². The topological polar surface area (TPSA) is 101 Å². The third-order valence-electron chi connectivity index (χ3n) is 3.32. The lowest BCUT2D eigenvalue weighted by Crippen LogP contribution is -2.44. The fourth-order valence-corrected chi connectivity index (χ4v) is 3.34. The Hall–Kier alpha value is -2.19. The van der Waals surface area contributed by atoms with Gasteiger partial charge in [0.1, 0.15) is 10.9 Å². The van der Waals surface area contributed by atoms with Gasteiger partial charge in [-0.15, -0.1) is 0 Å². The van der Waals surface area contributed by atoms with Gasteiger partial charge in [-0.05, 0) is 11.5 Å². The van der Waals surface area contributed by atoms with E-state index in [4.69, 9.17) is 5.11 Å². The largest absolute Gasteiger partial charge is 0.480 e. The Morgan fingerprint density at radius 3 is 2.52 bits per heavy atom. The van der Waals surface area contributed by atoms with Crippen molar-refractivity contribution in [3.63, 3.8) is 0 Å². The number of hydrogen-bond donors (Lipinski definition) is 2. The summed E-state index contributed by atoms with van der Waals surface area (Å²) in [5.74, 6) is -1.58. The summed E-state index contributed by atoms with van der Waals surface area (Å²) in [6.45, 7) is 3.71. The van der Waals surface area contributed by atoms with Crippen LogP contribution in [0, 0.1) is 5.92 Å². The fraction of sp³-hybridized carbons (Fsp3) is 0.333. The summed E-state index contributed by atoms with van der Waals surface area (Å²) in [4.78, 5) is 11.1. The van der Waals surface area contributed by atoms with Gasteiger partial charge in [0.05, 0.1) is 12.7 Å². The molecule has 23 heavy (non-hydrogen) atoms. The van der Waals surface area contributed by atoms with E-state index in [1.165, 1.54) is 17.1 Å². The smallest absolute Gasteiger partial charge is 0.322 e. The lowest BCUT2D eigenvalue weighted by molar-refractivity contribution is -0.140. The minimum absolute atomic E-state index is 0.0552. The van der Waals surface area contributed by atoms with E-state index in [0.29, 0.717) is 6.54 Å². The molecular formula is C15H19N3O4S. The monoisotopic (exact) mass is 337 g/mol. The number of aliphatic carboxylic acids is 1. The van der Waals surface area contributed by atoms with Crippen molar-refractivity contribution in [2.75, 3.05) is 0 Å². The number of nitrogens with zero attached hydrogens (tertiary/aromatic N) is 2. The molecule has 0 bridgehead atoms. The molecule has 7 nitrogen and oxygen atoms in total. The first kappa shape index (κ1) is 17.2. The van der Waals surface area contributed by atoms with Crippen molar-refractivity contribution in [3.8, 4) is 0 Å². The zero-order chi connectivity index (χ0) is 17.0. The van der Waals surface area contributed by atoms with Gasteiger partial charge in [-0.25, -0.2) is 8.42 Å². The van der Waals surface area contributed by atoms with Gasteiger partial charge < -0.3 is 5.11 Å². The zero-order valence-corrected chi connectivity index (χ0v) is 13.7. The van der Waals surface area contributed by atoms with E-state index < -0.39 is 22.0 Å². The summed E-state index contributed by atoms with van der Waals surface area (Å²) in [5, 5.41) is 13.1. The van der Waals surface area contributed by atoms with Gasteiger partial charge in [-0.2, -0.15) is 9.82 Å². The molecule has 0 radical (unpaired) electrons. The van der Waals surface area contributed by atoms with E-state index in [-0.39, 0.29) is 10.8 Å². The number of nitrogens with one attached hydrogen (secondary N) is 1. The molecule has 0 amide bonds. The molecular weight excluding hydrogens is 318 g/mol.